The summed E-state index contributed by atoms with van der Waals surface area (Å²) < 4.78 is 40.0. The molecule has 1 nitrogen and oxygen atoms in total. The quantitative estimate of drug-likeness (QED) is 0.820. The van der Waals surface area contributed by atoms with E-state index in [0.717, 1.165) is 0 Å². The molecule has 0 aliphatic rings. The minimum Gasteiger partial charge on any atom is -0.258 e. The number of nitrogens with zero attached hydrogens (tertiary/aromatic N) is 1. The van der Waals surface area contributed by atoms with E-state index in [0.29, 0.717) is 29.7 Å². The minimum atomic E-state index is -0.553. The van der Waals surface area contributed by atoms with Gasteiger partial charge in [0.2, 0.25) is 0 Å². The number of hydrogen-bond donors (Lipinski definition) is 0. The predicted molar refractivity (Wildman–Crippen MR) is 67.4 cm³/mol. The normalized spacial score (nSPS) is 10.8. The van der Waals surface area contributed by atoms with E-state index >= 15 is 0 Å². The van der Waals surface area contributed by atoms with Crippen LogP contribution in [-0.2, 0) is 12.8 Å². The second-order valence-electron chi connectivity index (χ2n) is 4.60. The Balaban J connectivity index is 2.12. The molecule has 0 saturated carbocycles. The lowest BCUT2D eigenvalue weighted by atomic mass is 10.0. The van der Waals surface area contributed by atoms with E-state index in [1.54, 1.807) is 13.1 Å². The van der Waals surface area contributed by atoms with Crippen LogP contribution in [0.2, 0.25) is 0 Å². The molecular formula is C15H14F3N. The second kappa shape index (κ2) is 5.43. The fraction of sp³-hybridized carbons (Fsp3) is 0.267. The number of aromatic nitrogens is 1. The van der Waals surface area contributed by atoms with Crippen molar-refractivity contribution >= 4 is 0 Å². The maximum Gasteiger partial charge on any atom is 0.144 e. The summed E-state index contributed by atoms with van der Waals surface area (Å²) in [7, 11) is 0. The van der Waals surface area contributed by atoms with E-state index < -0.39 is 11.6 Å². The summed E-state index contributed by atoms with van der Waals surface area (Å²) in [6.07, 6.45) is 2.52. The molecular weight excluding hydrogens is 251 g/mol. The van der Waals surface area contributed by atoms with Gasteiger partial charge in [0.25, 0.3) is 0 Å². The molecule has 0 fully saturated rings. The molecule has 1 heterocycles. The molecule has 1 aromatic carbocycles. The SMILES string of the molecule is Cc1ncc(CCc2cc(F)c(C)c(F)c2)cc1F. The smallest absolute Gasteiger partial charge is 0.144 e. The Morgan fingerprint density at radius 1 is 0.842 bits per heavy atom. The fourth-order valence-corrected chi connectivity index (χ4v) is 1.81. The molecule has 0 aliphatic carbocycles. The van der Waals surface area contributed by atoms with Gasteiger partial charge in [-0.25, -0.2) is 13.2 Å². The molecule has 4 heteroatoms. The van der Waals surface area contributed by atoms with Crippen LogP contribution in [0.3, 0.4) is 0 Å². The molecule has 0 radical (unpaired) electrons. The van der Waals surface area contributed by atoms with Crippen LogP contribution in [0.4, 0.5) is 13.2 Å². The van der Waals surface area contributed by atoms with E-state index in [1.807, 2.05) is 0 Å². The lowest BCUT2D eigenvalue weighted by molar-refractivity contribution is 0.564. The molecule has 100 valence electrons. The zero-order valence-corrected chi connectivity index (χ0v) is 10.8. The van der Waals surface area contributed by atoms with Gasteiger partial charge in [0.15, 0.2) is 0 Å². The van der Waals surface area contributed by atoms with Crippen LogP contribution < -0.4 is 0 Å². The van der Waals surface area contributed by atoms with Gasteiger partial charge >= 0.3 is 0 Å². The summed E-state index contributed by atoms with van der Waals surface area (Å²) in [4.78, 5) is 3.92. The van der Waals surface area contributed by atoms with Crippen LogP contribution in [0.15, 0.2) is 24.4 Å². The van der Waals surface area contributed by atoms with Gasteiger partial charge in [-0.1, -0.05) is 0 Å². The molecule has 2 rings (SSSR count). The Labute approximate surface area is 110 Å². The van der Waals surface area contributed by atoms with Crippen LogP contribution in [0.1, 0.15) is 22.4 Å². The number of benzene rings is 1. The lowest BCUT2D eigenvalue weighted by Gasteiger charge is -2.06. The first-order valence-electron chi connectivity index (χ1n) is 6.03. The van der Waals surface area contributed by atoms with Crippen molar-refractivity contribution in [3.8, 4) is 0 Å². The zero-order valence-electron chi connectivity index (χ0n) is 10.8. The van der Waals surface area contributed by atoms with Crippen LogP contribution in [0, 0.1) is 31.3 Å². The van der Waals surface area contributed by atoms with Crippen molar-refractivity contribution in [2.24, 2.45) is 0 Å². The third-order valence-electron chi connectivity index (χ3n) is 3.12. The van der Waals surface area contributed by atoms with Crippen LogP contribution >= 0.6 is 0 Å². The number of aryl methyl sites for hydroxylation is 3. The van der Waals surface area contributed by atoms with Crippen molar-refractivity contribution in [3.63, 3.8) is 0 Å². The van der Waals surface area contributed by atoms with Gasteiger partial charge in [0.05, 0.1) is 5.69 Å². The van der Waals surface area contributed by atoms with Gasteiger partial charge in [-0.05, 0) is 56.0 Å². The van der Waals surface area contributed by atoms with Gasteiger partial charge in [-0.15, -0.1) is 0 Å². The maximum absolute atomic E-state index is 13.4. The summed E-state index contributed by atoms with van der Waals surface area (Å²) in [5, 5.41) is 0. The molecule has 0 saturated heterocycles. The topological polar surface area (TPSA) is 12.9 Å². The van der Waals surface area contributed by atoms with Gasteiger partial charge in [0.1, 0.15) is 17.5 Å². The van der Waals surface area contributed by atoms with Crippen molar-refractivity contribution in [1.29, 1.82) is 0 Å². The van der Waals surface area contributed by atoms with Gasteiger partial charge < -0.3 is 0 Å². The van der Waals surface area contributed by atoms with Crippen LogP contribution in [0.5, 0.6) is 0 Å². The Hall–Kier alpha value is -1.84. The largest absolute Gasteiger partial charge is 0.258 e. The van der Waals surface area contributed by atoms with Crippen molar-refractivity contribution < 1.29 is 13.2 Å². The van der Waals surface area contributed by atoms with Crippen molar-refractivity contribution in [2.75, 3.05) is 0 Å². The van der Waals surface area contributed by atoms with Gasteiger partial charge in [-0.2, -0.15) is 0 Å². The number of hydrogen-bond acceptors (Lipinski definition) is 1. The number of rotatable bonds is 3. The van der Waals surface area contributed by atoms with E-state index in [4.69, 9.17) is 0 Å². The van der Waals surface area contributed by atoms with E-state index in [2.05, 4.69) is 4.98 Å². The Bertz CT molecular complexity index is 585. The Morgan fingerprint density at radius 2 is 1.37 bits per heavy atom. The molecule has 0 N–H and O–H groups in total. The van der Waals surface area contributed by atoms with Crippen molar-refractivity contribution in [3.05, 3.63) is 64.2 Å². The molecule has 0 spiro atoms. The molecule has 0 bridgehead atoms. The Kier molecular flexibility index (Phi) is 3.88. The maximum atomic E-state index is 13.4. The highest BCUT2D eigenvalue weighted by Crippen LogP contribution is 2.16. The predicted octanol–water partition coefficient (Wildman–Crippen LogP) is 3.90. The first-order chi connectivity index (χ1) is 8.97. The van der Waals surface area contributed by atoms with E-state index in [1.165, 1.54) is 25.1 Å². The van der Waals surface area contributed by atoms with Crippen LogP contribution in [0.25, 0.3) is 0 Å². The first-order valence-corrected chi connectivity index (χ1v) is 6.03. The number of halogens is 3. The molecule has 2 aromatic rings. The highest BCUT2D eigenvalue weighted by Gasteiger charge is 2.07. The summed E-state index contributed by atoms with van der Waals surface area (Å²) in [5.41, 5.74) is 1.63. The number of pyridine rings is 1. The molecule has 0 atom stereocenters. The summed E-state index contributed by atoms with van der Waals surface area (Å²) in [5.74, 6) is -1.47. The van der Waals surface area contributed by atoms with Crippen molar-refractivity contribution in [1.82, 2.24) is 4.98 Å². The monoisotopic (exact) mass is 265 g/mol. The van der Waals surface area contributed by atoms with E-state index in [-0.39, 0.29) is 11.4 Å². The molecule has 1 aromatic heterocycles. The standard InChI is InChI=1S/C15H14F3N/c1-9-13(16)5-11(6-14(9)17)3-4-12-7-15(18)10(2)19-8-12/h5-8H,3-4H2,1-2H3. The van der Waals surface area contributed by atoms with Crippen molar-refractivity contribution in [2.45, 2.75) is 26.7 Å². The van der Waals surface area contributed by atoms with Crippen LogP contribution in [-0.4, -0.2) is 4.98 Å². The third-order valence-corrected chi connectivity index (χ3v) is 3.12. The summed E-state index contributed by atoms with van der Waals surface area (Å²) in [6, 6.07) is 4.04. The Morgan fingerprint density at radius 3 is 1.95 bits per heavy atom. The van der Waals surface area contributed by atoms with Gasteiger partial charge in [0, 0.05) is 11.8 Å². The average molecular weight is 265 g/mol. The molecule has 19 heavy (non-hydrogen) atoms. The fourth-order valence-electron chi connectivity index (χ4n) is 1.81. The molecule has 0 amide bonds. The lowest BCUT2D eigenvalue weighted by Crippen LogP contribution is -1.98. The average Bonchev–Trinajstić information content (AvgIpc) is 2.37. The minimum absolute atomic E-state index is 0.0202. The molecule has 0 aliphatic heterocycles. The summed E-state index contributed by atoms with van der Waals surface area (Å²) in [6.45, 7) is 2.98. The first kappa shape index (κ1) is 13.6. The van der Waals surface area contributed by atoms with E-state index in [9.17, 15) is 13.2 Å². The zero-order chi connectivity index (χ0) is 14.0. The second-order valence-corrected chi connectivity index (χ2v) is 4.60. The highest BCUT2D eigenvalue weighted by molar-refractivity contribution is 5.26. The molecule has 0 unspecified atom stereocenters. The van der Waals surface area contributed by atoms with Gasteiger partial charge in [-0.3, -0.25) is 4.98 Å². The third kappa shape index (κ3) is 3.13. The highest BCUT2D eigenvalue weighted by atomic mass is 19.1. The summed E-state index contributed by atoms with van der Waals surface area (Å²) >= 11 is 0.